The first-order valence-electron chi connectivity index (χ1n) is 7.67. The molecule has 0 spiro atoms. The summed E-state index contributed by atoms with van der Waals surface area (Å²) in [5.74, 6) is 5.80. The second kappa shape index (κ2) is 6.87. The number of nitrogens with two attached hydrogens (primary N) is 1. The van der Waals surface area contributed by atoms with Crippen molar-refractivity contribution in [2.24, 2.45) is 12.9 Å². The number of aromatic nitrogens is 4. The number of nitrogens with one attached hydrogen (secondary N) is 1. The molecule has 21 heavy (non-hydrogen) atoms. The third-order valence-corrected chi connectivity index (χ3v) is 3.88. The van der Waals surface area contributed by atoms with Crippen LogP contribution in [-0.4, -0.2) is 19.6 Å². The molecule has 2 rings (SSSR count). The minimum atomic E-state index is 0.0397. The molecule has 2 heterocycles. The van der Waals surface area contributed by atoms with Gasteiger partial charge in [-0.3, -0.25) is 20.6 Å². The molecule has 0 aromatic carbocycles. The minimum Gasteiger partial charge on any atom is -0.272 e. The van der Waals surface area contributed by atoms with Crippen LogP contribution in [0.1, 0.15) is 49.6 Å². The quantitative estimate of drug-likeness (QED) is 0.599. The Balaban J connectivity index is 2.26. The molecule has 6 nitrogen and oxygen atoms in total. The van der Waals surface area contributed by atoms with Gasteiger partial charge in [-0.25, -0.2) is 0 Å². The predicted molar refractivity (Wildman–Crippen MR) is 83.6 cm³/mol. The molecular weight excluding hydrogens is 264 g/mol. The van der Waals surface area contributed by atoms with E-state index < -0.39 is 0 Å². The molecule has 3 N–H and O–H groups in total. The lowest BCUT2D eigenvalue weighted by atomic mass is 10.1. The van der Waals surface area contributed by atoms with E-state index in [1.54, 1.807) is 0 Å². The van der Waals surface area contributed by atoms with Crippen LogP contribution in [0.4, 0.5) is 0 Å². The van der Waals surface area contributed by atoms with E-state index in [1.807, 2.05) is 16.4 Å². The summed E-state index contributed by atoms with van der Waals surface area (Å²) in [6.07, 6.45) is 2.68. The highest BCUT2D eigenvalue weighted by Crippen LogP contribution is 2.20. The highest BCUT2D eigenvalue weighted by atomic mass is 15.3. The van der Waals surface area contributed by atoms with Crippen molar-refractivity contribution in [3.63, 3.8) is 0 Å². The minimum absolute atomic E-state index is 0.0397. The average molecular weight is 290 g/mol. The first-order valence-corrected chi connectivity index (χ1v) is 7.67. The molecule has 0 amide bonds. The molecule has 0 saturated carbocycles. The highest BCUT2D eigenvalue weighted by Gasteiger charge is 2.19. The maximum absolute atomic E-state index is 5.80. The third kappa shape index (κ3) is 3.33. The second-order valence-electron chi connectivity index (χ2n) is 5.26. The summed E-state index contributed by atoms with van der Waals surface area (Å²) in [5, 5.41) is 9.10. The van der Waals surface area contributed by atoms with Crippen LogP contribution in [0.2, 0.25) is 0 Å². The molecule has 0 aliphatic carbocycles. The van der Waals surface area contributed by atoms with Gasteiger partial charge >= 0.3 is 0 Å². The third-order valence-electron chi connectivity index (χ3n) is 3.88. The van der Waals surface area contributed by atoms with Crippen LogP contribution in [0.3, 0.4) is 0 Å². The molecule has 6 heteroatoms. The monoisotopic (exact) mass is 290 g/mol. The van der Waals surface area contributed by atoms with Crippen LogP contribution >= 0.6 is 0 Å². The molecule has 0 aliphatic heterocycles. The van der Waals surface area contributed by atoms with Gasteiger partial charge in [0.1, 0.15) is 0 Å². The van der Waals surface area contributed by atoms with Crippen molar-refractivity contribution in [3.05, 3.63) is 34.9 Å². The molecule has 2 aromatic heterocycles. The van der Waals surface area contributed by atoms with Gasteiger partial charge in [-0.1, -0.05) is 13.8 Å². The Labute approximate surface area is 126 Å². The summed E-state index contributed by atoms with van der Waals surface area (Å²) in [5.41, 5.74) is 7.46. The lowest BCUT2D eigenvalue weighted by Crippen LogP contribution is -2.31. The van der Waals surface area contributed by atoms with Crippen LogP contribution in [0.5, 0.6) is 0 Å². The second-order valence-corrected chi connectivity index (χ2v) is 5.26. The molecule has 1 unspecified atom stereocenters. The zero-order valence-corrected chi connectivity index (χ0v) is 13.4. The SMILES string of the molecule is CCc1cc(CC(NN)c2cc(CC)nn2CC)n(C)n1. The number of nitrogens with zero attached hydrogens (tertiary/aromatic N) is 4. The molecular formula is C15H26N6. The van der Waals surface area contributed by atoms with E-state index in [-0.39, 0.29) is 6.04 Å². The largest absolute Gasteiger partial charge is 0.272 e. The van der Waals surface area contributed by atoms with Crippen molar-refractivity contribution in [1.29, 1.82) is 0 Å². The van der Waals surface area contributed by atoms with E-state index >= 15 is 0 Å². The van der Waals surface area contributed by atoms with Crippen LogP contribution < -0.4 is 11.3 Å². The van der Waals surface area contributed by atoms with E-state index in [1.165, 1.54) is 5.69 Å². The van der Waals surface area contributed by atoms with Crippen molar-refractivity contribution in [3.8, 4) is 0 Å². The fourth-order valence-electron chi connectivity index (χ4n) is 2.59. The van der Waals surface area contributed by atoms with Gasteiger partial charge < -0.3 is 0 Å². The summed E-state index contributed by atoms with van der Waals surface area (Å²) in [4.78, 5) is 0. The van der Waals surface area contributed by atoms with E-state index in [9.17, 15) is 0 Å². The molecule has 0 bridgehead atoms. The van der Waals surface area contributed by atoms with Crippen molar-refractivity contribution in [2.45, 2.75) is 52.6 Å². The van der Waals surface area contributed by atoms with E-state index in [2.05, 4.69) is 48.5 Å². The van der Waals surface area contributed by atoms with Crippen LogP contribution in [0, 0.1) is 0 Å². The summed E-state index contributed by atoms with van der Waals surface area (Å²) in [6, 6.07) is 4.33. The van der Waals surface area contributed by atoms with Gasteiger partial charge in [-0.2, -0.15) is 10.2 Å². The average Bonchev–Trinajstić information content (AvgIpc) is 3.07. The Morgan fingerprint density at radius 2 is 1.81 bits per heavy atom. The molecule has 0 saturated heterocycles. The topological polar surface area (TPSA) is 73.7 Å². The van der Waals surface area contributed by atoms with Crippen LogP contribution in [0.25, 0.3) is 0 Å². The molecule has 1 atom stereocenters. The van der Waals surface area contributed by atoms with Crippen molar-refractivity contribution in [1.82, 2.24) is 25.0 Å². The van der Waals surface area contributed by atoms with Crippen LogP contribution in [-0.2, 0) is 32.9 Å². The summed E-state index contributed by atoms with van der Waals surface area (Å²) in [6.45, 7) is 7.18. The number of hydrogen-bond acceptors (Lipinski definition) is 4. The molecule has 0 radical (unpaired) electrons. The van der Waals surface area contributed by atoms with Gasteiger partial charge in [0.05, 0.1) is 23.1 Å². The number of hydrogen-bond donors (Lipinski definition) is 2. The summed E-state index contributed by atoms with van der Waals surface area (Å²) < 4.78 is 3.97. The standard InChI is InChI=1S/C15H26N6/c1-5-11-8-13(20(4)18-11)10-14(17-16)15-9-12(6-2)19-21(15)7-3/h8-9,14,17H,5-7,10,16H2,1-4H3. The Bertz CT molecular complexity index is 583. The molecule has 116 valence electrons. The zero-order chi connectivity index (χ0) is 15.4. The van der Waals surface area contributed by atoms with Crippen LogP contribution in [0.15, 0.2) is 12.1 Å². The van der Waals surface area contributed by atoms with E-state index in [0.29, 0.717) is 0 Å². The van der Waals surface area contributed by atoms with Crippen molar-refractivity contribution in [2.75, 3.05) is 0 Å². The van der Waals surface area contributed by atoms with Crippen molar-refractivity contribution >= 4 is 0 Å². The van der Waals surface area contributed by atoms with Gasteiger partial charge in [-0.05, 0) is 31.9 Å². The van der Waals surface area contributed by atoms with E-state index in [0.717, 1.165) is 42.9 Å². The maximum atomic E-state index is 5.80. The zero-order valence-electron chi connectivity index (χ0n) is 13.4. The lowest BCUT2D eigenvalue weighted by Gasteiger charge is -2.17. The number of rotatable bonds is 7. The number of aryl methyl sites for hydroxylation is 4. The highest BCUT2D eigenvalue weighted by molar-refractivity contribution is 5.19. The van der Waals surface area contributed by atoms with Gasteiger partial charge in [-0.15, -0.1) is 0 Å². The first-order chi connectivity index (χ1) is 10.1. The summed E-state index contributed by atoms with van der Waals surface area (Å²) in [7, 11) is 1.98. The fraction of sp³-hybridized carbons (Fsp3) is 0.600. The Morgan fingerprint density at radius 3 is 2.33 bits per heavy atom. The Hall–Kier alpha value is -1.66. The maximum Gasteiger partial charge on any atom is 0.0684 e. The van der Waals surface area contributed by atoms with Gasteiger partial charge in [0, 0.05) is 25.7 Å². The Kier molecular flexibility index (Phi) is 5.14. The van der Waals surface area contributed by atoms with Gasteiger partial charge in [0.25, 0.3) is 0 Å². The van der Waals surface area contributed by atoms with Crippen molar-refractivity contribution < 1.29 is 0 Å². The lowest BCUT2D eigenvalue weighted by molar-refractivity contribution is 0.478. The summed E-state index contributed by atoms with van der Waals surface area (Å²) >= 11 is 0. The van der Waals surface area contributed by atoms with E-state index in [4.69, 9.17) is 5.84 Å². The smallest absolute Gasteiger partial charge is 0.0684 e. The number of hydrazine groups is 1. The van der Waals surface area contributed by atoms with Gasteiger partial charge in [0.2, 0.25) is 0 Å². The molecule has 0 aliphatic rings. The normalized spacial score (nSPS) is 12.8. The molecule has 0 fully saturated rings. The van der Waals surface area contributed by atoms with Gasteiger partial charge in [0.15, 0.2) is 0 Å². The molecule has 2 aromatic rings. The first kappa shape index (κ1) is 15.7. The predicted octanol–water partition coefficient (Wildman–Crippen LogP) is 1.51. The fourth-order valence-corrected chi connectivity index (χ4v) is 2.59. The Morgan fingerprint density at radius 1 is 1.14 bits per heavy atom.